The van der Waals surface area contributed by atoms with Crippen molar-refractivity contribution in [1.29, 1.82) is 0 Å². The fraction of sp³-hybridized carbons (Fsp3) is 0.385. The summed E-state index contributed by atoms with van der Waals surface area (Å²) >= 11 is 0. The highest BCUT2D eigenvalue weighted by molar-refractivity contribution is 5.16. The van der Waals surface area contributed by atoms with Gasteiger partial charge in [0.1, 0.15) is 12.7 Å². The summed E-state index contributed by atoms with van der Waals surface area (Å²) in [6, 6.07) is 9.40. The lowest BCUT2D eigenvalue weighted by Gasteiger charge is -2.39. The van der Waals surface area contributed by atoms with Gasteiger partial charge in [0, 0.05) is 5.56 Å². The molecule has 1 fully saturated rings. The first-order chi connectivity index (χ1) is 8.13. The third-order valence-corrected chi connectivity index (χ3v) is 2.70. The first-order valence-corrected chi connectivity index (χ1v) is 5.51. The standard InChI is InChI=1S/C13H16O4/c1-2-6-11-13(14,15)9-16-12(17-11)10-7-4-3-5-8-10/h2-5,7-8,11-12,14-15H,1,6,9H2/t11-,12+/m0/s1. The van der Waals surface area contributed by atoms with Crippen molar-refractivity contribution < 1.29 is 19.7 Å². The number of hydrogen-bond acceptors (Lipinski definition) is 4. The molecule has 0 amide bonds. The fourth-order valence-corrected chi connectivity index (χ4v) is 1.77. The van der Waals surface area contributed by atoms with Crippen molar-refractivity contribution in [2.45, 2.75) is 24.6 Å². The lowest BCUT2D eigenvalue weighted by atomic mass is 10.1. The third-order valence-electron chi connectivity index (χ3n) is 2.70. The molecule has 2 atom stereocenters. The molecule has 1 aromatic carbocycles. The maximum atomic E-state index is 9.69. The van der Waals surface area contributed by atoms with Gasteiger partial charge in [-0.25, -0.2) is 0 Å². The first-order valence-electron chi connectivity index (χ1n) is 5.51. The summed E-state index contributed by atoms with van der Waals surface area (Å²) in [6.07, 6.45) is 0.673. The van der Waals surface area contributed by atoms with Gasteiger partial charge in [-0.15, -0.1) is 6.58 Å². The van der Waals surface area contributed by atoms with E-state index in [-0.39, 0.29) is 6.61 Å². The third kappa shape index (κ3) is 2.73. The Balaban J connectivity index is 2.11. The van der Waals surface area contributed by atoms with Gasteiger partial charge in [0.25, 0.3) is 0 Å². The average molecular weight is 236 g/mol. The summed E-state index contributed by atoms with van der Waals surface area (Å²) in [4.78, 5) is 0. The molecule has 1 aliphatic rings. The Hall–Kier alpha value is -1.20. The van der Waals surface area contributed by atoms with Gasteiger partial charge < -0.3 is 19.7 Å². The Morgan fingerprint density at radius 3 is 2.71 bits per heavy atom. The van der Waals surface area contributed by atoms with Crippen LogP contribution in [0.5, 0.6) is 0 Å². The molecule has 4 heteroatoms. The molecule has 1 heterocycles. The second-order valence-electron chi connectivity index (χ2n) is 4.08. The zero-order chi connectivity index (χ0) is 12.3. The smallest absolute Gasteiger partial charge is 0.214 e. The number of benzene rings is 1. The molecule has 1 aromatic rings. The number of ether oxygens (including phenoxy) is 2. The van der Waals surface area contributed by atoms with Crippen LogP contribution in [0.1, 0.15) is 18.3 Å². The Morgan fingerprint density at radius 2 is 2.06 bits per heavy atom. The average Bonchev–Trinajstić information content (AvgIpc) is 2.33. The predicted molar refractivity (Wildman–Crippen MR) is 62.0 cm³/mol. The maximum Gasteiger partial charge on any atom is 0.214 e. The Morgan fingerprint density at radius 1 is 1.35 bits per heavy atom. The number of aliphatic hydroxyl groups is 2. The highest BCUT2D eigenvalue weighted by Crippen LogP contribution is 2.31. The van der Waals surface area contributed by atoms with Crippen molar-refractivity contribution in [2.24, 2.45) is 0 Å². The van der Waals surface area contributed by atoms with Gasteiger partial charge in [0.05, 0.1) is 0 Å². The van der Waals surface area contributed by atoms with Gasteiger partial charge >= 0.3 is 0 Å². The molecule has 0 saturated carbocycles. The number of hydrogen-bond donors (Lipinski definition) is 2. The summed E-state index contributed by atoms with van der Waals surface area (Å²) in [6.45, 7) is 3.40. The minimum absolute atomic E-state index is 0.176. The monoisotopic (exact) mass is 236 g/mol. The molecule has 0 unspecified atom stereocenters. The van der Waals surface area contributed by atoms with Crippen LogP contribution in [0.25, 0.3) is 0 Å². The van der Waals surface area contributed by atoms with Crippen LogP contribution in [0.2, 0.25) is 0 Å². The van der Waals surface area contributed by atoms with Crippen LogP contribution in [0, 0.1) is 0 Å². The zero-order valence-corrected chi connectivity index (χ0v) is 9.45. The summed E-state index contributed by atoms with van der Waals surface area (Å²) in [7, 11) is 0. The predicted octanol–water partition coefficient (Wildman–Crippen LogP) is 1.36. The summed E-state index contributed by atoms with van der Waals surface area (Å²) in [5.41, 5.74) is 0.858. The molecule has 0 aliphatic carbocycles. The van der Waals surface area contributed by atoms with Gasteiger partial charge in [0.2, 0.25) is 5.79 Å². The topological polar surface area (TPSA) is 58.9 Å². The van der Waals surface area contributed by atoms with E-state index in [1.807, 2.05) is 30.3 Å². The minimum atomic E-state index is -1.96. The Bertz CT molecular complexity index is 374. The van der Waals surface area contributed by atoms with E-state index in [1.165, 1.54) is 0 Å². The first kappa shape index (κ1) is 12.3. The number of rotatable bonds is 3. The molecule has 1 aliphatic heterocycles. The SMILES string of the molecule is C=CC[C@@H]1O[C@H](c2ccccc2)OCC1(O)O. The van der Waals surface area contributed by atoms with Crippen LogP contribution in [0.4, 0.5) is 0 Å². The molecular formula is C13H16O4. The molecular weight excluding hydrogens is 220 g/mol. The molecule has 17 heavy (non-hydrogen) atoms. The highest BCUT2D eigenvalue weighted by atomic mass is 16.7. The summed E-state index contributed by atoms with van der Waals surface area (Å²) in [5, 5.41) is 19.4. The van der Waals surface area contributed by atoms with E-state index in [1.54, 1.807) is 6.08 Å². The van der Waals surface area contributed by atoms with E-state index >= 15 is 0 Å². The van der Waals surface area contributed by atoms with E-state index in [0.29, 0.717) is 6.42 Å². The zero-order valence-electron chi connectivity index (χ0n) is 9.45. The lowest BCUT2D eigenvalue weighted by molar-refractivity contribution is -0.356. The maximum absolute atomic E-state index is 9.69. The quantitative estimate of drug-likeness (QED) is 0.614. The highest BCUT2D eigenvalue weighted by Gasteiger charge is 2.42. The minimum Gasteiger partial charge on any atom is -0.362 e. The van der Waals surface area contributed by atoms with E-state index in [4.69, 9.17) is 9.47 Å². The van der Waals surface area contributed by atoms with Crippen LogP contribution in [0.3, 0.4) is 0 Å². The largest absolute Gasteiger partial charge is 0.362 e. The van der Waals surface area contributed by atoms with Crippen LogP contribution in [0.15, 0.2) is 43.0 Å². The van der Waals surface area contributed by atoms with Crippen molar-refractivity contribution in [1.82, 2.24) is 0 Å². The van der Waals surface area contributed by atoms with Crippen molar-refractivity contribution in [3.63, 3.8) is 0 Å². The Kier molecular flexibility index (Phi) is 3.59. The molecule has 0 radical (unpaired) electrons. The van der Waals surface area contributed by atoms with Gasteiger partial charge in [-0.1, -0.05) is 36.4 Å². The van der Waals surface area contributed by atoms with Crippen molar-refractivity contribution >= 4 is 0 Å². The second-order valence-corrected chi connectivity index (χ2v) is 4.08. The van der Waals surface area contributed by atoms with Crippen molar-refractivity contribution in [3.8, 4) is 0 Å². The Labute approximate surface area is 100 Å². The van der Waals surface area contributed by atoms with Gasteiger partial charge in [-0.3, -0.25) is 0 Å². The van der Waals surface area contributed by atoms with E-state index in [0.717, 1.165) is 5.56 Å². The van der Waals surface area contributed by atoms with Crippen molar-refractivity contribution in [2.75, 3.05) is 6.61 Å². The van der Waals surface area contributed by atoms with Gasteiger partial charge in [-0.05, 0) is 6.42 Å². The van der Waals surface area contributed by atoms with Crippen LogP contribution >= 0.6 is 0 Å². The fourth-order valence-electron chi connectivity index (χ4n) is 1.77. The van der Waals surface area contributed by atoms with Crippen molar-refractivity contribution in [3.05, 3.63) is 48.6 Å². The molecule has 1 saturated heterocycles. The molecule has 92 valence electrons. The molecule has 0 aromatic heterocycles. The molecule has 4 nitrogen and oxygen atoms in total. The van der Waals surface area contributed by atoms with Gasteiger partial charge in [-0.2, -0.15) is 0 Å². The van der Waals surface area contributed by atoms with Crippen LogP contribution in [-0.2, 0) is 9.47 Å². The van der Waals surface area contributed by atoms with Gasteiger partial charge in [0.15, 0.2) is 6.29 Å². The van der Waals surface area contributed by atoms with E-state index in [9.17, 15) is 10.2 Å². The summed E-state index contributed by atoms with van der Waals surface area (Å²) in [5.74, 6) is -1.96. The molecule has 2 rings (SSSR count). The second kappa shape index (κ2) is 4.98. The molecule has 0 spiro atoms. The normalized spacial score (nSPS) is 27.6. The van der Waals surface area contributed by atoms with Crippen LogP contribution < -0.4 is 0 Å². The van der Waals surface area contributed by atoms with E-state index in [2.05, 4.69) is 6.58 Å². The van der Waals surface area contributed by atoms with E-state index < -0.39 is 18.2 Å². The summed E-state index contributed by atoms with van der Waals surface area (Å²) < 4.78 is 10.8. The molecule has 2 N–H and O–H groups in total. The van der Waals surface area contributed by atoms with Crippen LogP contribution in [-0.4, -0.2) is 28.7 Å². The lowest BCUT2D eigenvalue weighted by Crippen LogP contribution is -2.52. The molecule has 0 bridgehead atoms.